The summed E-state index contributed by atoms with van der Waals surface area (Å²) in [7, 11) is 1.24. The predicted molar refractivity (Wildman–Crippen MR) is 60.9 cm³/mol. The highest BCUT2D eigenvalue weighted by Crippen LogP contribution is 2.28. The van der Waals surface area contributed by atoms with Gasteiger partial charge in [-0.1, -0.05) is 15.9 Å². The number of amides is 1. The maximum absolute atomic E-state index is 13.6. The summed E-state index contributed by atoms with van der Waals surface area (Å²) in [6.07, 6.45) is 0. The molecule has 0 spiro atoms. The number of methoxy groups -OCH3 is 1. The number of fused-ring (bicyclic) bond motifs is 1. The summed E-state index contributed by atoms with van der Waals surface area (Å²) in [5.41, 5.74) is 0.614. The molecule has 6 heteroatoms. The number of esters is 1. The zero-order valence-corrected chi connectivity index (χ0v) is 10.6. The topological polar surface area (TPSA) is 46.6 Å². The van der Waals surface area contributed by atoms with Gasteiger partial charge in [0.05, 0.1) is 13.7 Å². The Hall–Kier alpha value is -1.43. The van der Waals surface area contributed by atoms with E-state index in [4.69, 9.17) is 0 Å². The highest BCUT2D eigenvalue weighted by atomic mass is 79.9. The van der Waals surface area contributed by atoms with E-state index in [2.05, 4.69) is 20.7 Å². The van der Waals surface area contributed by atoms with E-state index < -0.39 is 11.8 Å². The molecule has 0 unspecified atom stereocenters. The SMILES string of the molecule is COC(=O)CN1Cc2c(F)cc(Br)cc2C1=O. The van der Waals surface area contributed by atoms with Crippen molar-refractivity contribution in [3.8, 4) is 0 Å². The molecule has 0 bridgehead atoms. The molecule has 0 N–H and O–H groups in total. The van der Waals surface area contributed by atoms with E-state index >= 15 is 0 Å². The summed E-state index contributed by atoms with van der Waals surface area (Å²) in [5.74, 6) is -1.33. The lowest BCUT2D eigenvalue weighted by molar-refractivity contribution is -0.141. The van der Waals surface area contributed by atoms with Crippen LogP contribution in [0.4, 0.5) is 4.39 Å². The van der Waals surface area contributed by atoms with Gasteiger partial charge in [0.25, 0.3) is 5.91 Å². The minimum atomic E-state index is -0.523. The molecule has 0 aromatic heterocycles. The molecule has 0 saturated carbocycles. The van der Waals surface area contributed by atoms with Gasteiger partial charge >= 0.3 is 5.97 Å². The number of hydrogen-bond acceptors (Lipinski definition) is 3. The molecular weight excluding hydrogens is 293 g/mol. The standard InChI is InChI=1S/C11H9BrFNO3/c1-17-10(15)5-14-4-8-7(11(14)16)2-6(12)3-9(8)13/h2-3H,4-5H2,1H3. The fraction of sp³-hybridized carbons (Fsp3) is 0.273. The van der Waals surface area contributed by atoms with Gasteiger partial charge in [-0.25, -0.2) is 4.39 Å². The maximum atomic E-state index is 13.6. The van der Waals surface area contributed by atoms with Crippen molar-refractivity contribution in [1.29, 1.82) is 0 Å². The van der Waals surface area contributed by atoms with Gasteiger partial charge in [0.1, 0.15) is 12.4 Å². The Labute approximate surface area is 105 Å². The van der Waals surface area contributed by atoms with Crippen LogP contribution in [-0.4, -0.2) is 30.4 Å². The smallest absolute Gasteiger partial charge is 0.325 e. The minimum Gasteiger partial charge on any atom is -0.468 e. The Morgan fingerprint density at radius 2 is 2.29 bits per heavy atom. The van der Waals surface area contributed by atoms with Crippen LogP contribution in [0, 0.1) is 5.82 Å². The van der Waals surface area contributed by atoms with Crippen LogP contribution in [0.1, 0.15) is 15.9 Å². The summed E-state index contributed by atoms with van der Waals surface area (Å²) >= 11 is 3.13. The molecule has 1 aliphatic rings. The average Bonchev–Trinajstić information content (AvgIpc) is 2.57. The van der Waals surface area contributed by atoms with Gasteiger partial charge in [0.15, 0.2) is 0 Å². The van der Waals surface area contributed by atoms with Crippen LogP contribution in [0.3, 0.4) is 0 Å². The van der Waals surface area contributed by atoms with E-state index in [0.717, 1.165) is 0 Å². The van der Waals surface area contributed by atoms with E-state index in [1.165, 1.54) is 18.1 Å². The average molecular weight is 302 g/mol. The first-order valence-electron chi connectivity index (χ1n) is 4.87. The van der Waals surface area contributed by atoms with Gasteiger partial charge < -0.3 is 9.64 Å². The lowest BCUT2D eigenvalue weighted by Crippen LogP contribution is -2.30. The zero-order chi connectivity index (χ0) is 12.6. The van der Waals surface area contributed by atoms with Gasteiger partial charge in [-0.2, -0.15) is 0 Å². The third-order valence-electron chi connectivity index (χ3n) is 2.57. The van der Waals surface area contributed by atoms with Crippen molar-refractivity contribution >= 4 is 27.8 Å². The molecule has 0 fully saturated rings. The molecule has 0 aliphatic carbocycles. The van der Waals surface area contributed by atoms with Crippen molar-refractivity contribution in [3.05, 3.63) is 33.5 Å². The van der Waals surface area contributed by atoms with Gasteiger partial charge in [0.2, 0.25) is 0 Å². The number of carbonyl (C=O) groups excluding carboxylic acids is 2. The van der Waals surface area contributed by atoms with Crippen LogP contribution in [0.25, 0.3) is 0 Å². The Kier molecular flexibility index (Phi) is 3.15. The number of benzene rings is 1. The molecular formula is C11H9BrFNO3. The van der Waals surface area contributed by atoms with Crippen LogP contribution < -0.4 is 0 Å². The summed E-state index contributed by atoms with van der Waals surface area (Å²) in [6, 6.07) is 2.85. The first-order chi connectivity index (χ1) is 8.02. The predicted octanol–water partition coefficient (Wildman–Crippen LogP) is 1.72. The van der Waals surface area contributed by atoms with Crippen molar-refractivity contribution in [2.24, 2.45) is 0 Å². The first kappa shape index (κ1) is 12.0. The summed E-state index contributed by atoms with van der Waals surface area (Å²) in [4.78, 5) is 24.2. The van der Waals surface area contributed by atoms with Gasteiger partial charge in [-0.15, -0.1) is 0 Å². The van der Waals surface area contributed by atoms with E-state index in [9.17, 15) is 14.0 Å². The fourth-order valence-electron chi connectivity index (χ4n) is 1.74. The maximum Gasteiger partial charge on any atom is 0.325 e. The molecule has 1 aliphatic heterocycles. The molecule has 0 radical (unpaired) electrons. The van der Waals surface area contributed by atoms with Crippen LogP contribution in [-0.2, 0) is 16.1 Å². The van der Waals surface area contributed by atoms with E-state index in [1.807, 2.05) is 0 Å². The summed E-state index contributed by atoms with van der Waals surface area (Å²) < 4.78 is 18.6. The van der Waals surface area contributed by atoms with Crippen molar-refractivity contribution < 1.29 is 18.7 Å². The molecule has 1 heterocycles. The normalized spacial score (nSPS) is 13.8. The monoisotopic (exact) mass is 301 g/mol. The number of carbonyl (C=O) groups is 2. The van der Waals surface area contributed by atoms with Crippen molar-refractivity contribution in [3.63, 3.8) is 0 Å². The largest absolute Gasteiger partial charge is 0.468 e. The number of nitrogens with zero attached hydrogens (tertiary/aromatic N) is 1. The second-order valence-electron chi connectivity index (χ2n) is 3.65. The van der Waals surface area contributed by atoms with Gasteiger partial charge in [-0.3, -0.25) is 9.59 Å². The lowest BCUT2D eigenvalue weighted by Gasteiger charge is -2.13. The fourth-order valence-corrected chi connectivity index (χ4v) is 2.17. The number of hydrogen-bond donors (Lipinski definition) is 0. The highest BCUT2D eigenvalue weighted by Gasteiger charge is 2.31. The van der Waals surface area contributed by atoms with E-state index in [1.54, 1.807) is 6.07 Å². The Morgan fingerprint density at radius 1 is 1.59 bits per heavy atom. The second-order valence-corrected chi connectivity index (χ2v) is 4.57. The molecule has 1 amide bonds. The molecule has 0 saturated heterocycles. The lowest BCUT2D eigenvalue weighted by atomic mass is 10.1. The van der Waals surface area contributed by atoms with E-state index in [0.29, 0.717) is 15.6 Å². The van der Waals surface area contributed by atoms with Crippen LogP contribution >= 0.6 is 15.9 Å². The third kappa shape index (κ3) is 2.17. The number of halogens is 2. The molecule has 0 atom stereocenters. The van der Waals surface area contributed by atoms with Crippen molar-refractivity contribution in [1.82, 2.24) is 4.90 Å². The summed E-state index contributed by atoms with van der Waals surface area (Å²) in [6.45, 7) is -0.0660. The quantitative estimate of drug-likeness (QED) is 0.782. The van der Waals surface area contributed by atoms with Crippen LogP contribution in [0.5, 0.6) is 0 Å². The number of rotatable bonds is 2. The van der Waals surface area contributed by atoms with Crippen LogP contribution in [0.15, 0.2) is 16.6 Å². The molecule has 2 rings (SSSR count). The molecule has 4 nitrogen and oxygen atoms in total. The number of ether oxygens (including phenoxy) is 1. The van der Waals surface area contributed by atoms with E-state index in [-0.39, 0.29) is 19.0 Å². The molecule has 1 aromatic carbocycles. The molecule has 90 valence electrons. The Bertz CT molecular complexity index is 504. The first-order valence-corrected chi connectivity index (χ1v) is 5.66. The van der Waals surface area contributed by atoms with Gasteiger partial charge in [-0.05, 0) is 12.1 Å². The van der Waals surface area contributed by atoms with Crippen molar-refractivity contribution in [2.45, 2.75) is 6.54 Å². The minimum absolute atomic E-state index is 0.0996. The molecule has 1 aromatic rings. The zero-order valence-electron chi connectivity index (χ0n) is 9.00. The Morgan fingerprint density at radius 3 is 2.94 bits per heavy atom. The second kappa shape index (κ2) is 4.44. The van der Waals surface area contributed by atoms with Crippen LogP contribution in [0.2, 0.25) is 0 Å². The van der Waals surface area contributed by atoms with Crippen molar-refractivity contribution in [2.75, 3.05) is 13.7 Å². The Balaban J connectivity index is 2.29. The summed E-state index contributed by atoms with van der Waals surface area (Å²) in [5, 5.41) is 0. The molecule has 17 heavy (non-hydrogen) atoms. The van der Waals surface area contributed by atoms with Gasteiger partial charge in [0, 0.05) is 15.6 Å². The third-order valence-corrected chi connectivity index (χ3v) is 3.03. The highest BCUT2D eigenvalue weighted by molar-refractivity contribution is 9.10.